The minimum Gasteiger partial charge on any atom is -0.494 e. The molecular formula is C29H44F3N3O2. The number of hydrogen-bond acceptors (Lipinski definition) is 4. The molecule has 208 valence electrons. The molecule has 37 heavy (non-hydrogen) atoms. The van der Waals surface area contributed by atoms with Crippen molar-refractivity contribution >= 4 is 5.91 Å². The number of carbonyl (C=O) groups is 1. The first kappa shape index (κ1) is 32.4. The van der Waals surface area contributed by atoms with E-state index in [0.29, 0.717) is 23.4 Å². The second kappa shape index (κ2) is 15.6. The number of carbonyl (C=O) groups excluding carboxylic acids is 1. The number of aryl methyl sites for hydroxylation is 1. The molecule has 2 N–H and O–H groups in total. The lowest BCUT2D eigenvalue weighted by atomic mass is 9.93. The first-order chi connectivity index (χ1) is 17.3. The quantitative estimate of drug-likeness (QED) is 0.152. The molecule has 0 radical (unpaired) electrons. The van der Waals surface area contributed by atoms with Crippen molar-refractivity contribution in [2.45, 2.75) is 67.5 Å². The second-order valence-corrected chi connectivity index (χ2v) is 10.2. The number of halogens is 3. The molecule has 5 nitrogen and oxygen atoms in total. The van der Waals surface area contributed by atoms with Crippen LogP contribution in [0.2, 0.25) is 0 Å². The van der Waals surface area contributed by atoms with Crippen molar-refractivity contribution in [1.82, 2.24) is 15.8 Å². The van der Waals surface area contributed by atoms with E-state index in [2.05, 4.69) is 57.0 Å². The summed E-state index contributed by atoms with van der Waals surface area (Å²) in [6.07, 6.45) is 6.28. The van der Waals surface area contributed by atoms with Crippen LogP contribution in [-0.2, 0) is 15.6 Å². The van der Waals surface area contributed by atoms with Crippen molar-refractivity contribution in [3.05, 3.63) is 70.5 Å². The number of nitrogens with zero attached hydrogens (tertiary/aromatic N) is 1. The number of alkyl halides is 2. The third-order valence-corrected chi connectivity index (χ3v) is 6.03. The Labute approximate surface area is 220 Å². The predicted octanol–water partition coefficient (Wildman–Crippen LogP) is 6.43. The highest BCUT2D eigenvalue weighted by atomic mass is 19.3. The van der Waals surface area contributed by atoms with E-state index in [1.54, 1.807) is 13.8 Å². The van der Waals surface area contributed by atoms with Gasteiger partial charge in [-0.15, -0.1) is 4.48 Å². The average Bonchev–Trinajstić information content (AvgIpc) is 2.80. The molecule has 0 bridgehead atoms. The summed E-state index contributed by atoms with van der Waals surface area (Å²) in [6.45, 7) is 19.8. The van der Waals surface area contributed by atoms with E-state index < -0.39 is 6.05 Å². The molecule has 1 heterocycles. The molecule has 2 rings (SSSR count). The Bertz CT molecular complexity index is 930. The Balaban J connectivity index is 0.000000474. The van der Waals surface area contributed by atoms with E-state index in [9.17, 15) is 18.1 Å². The van der Waals surface area contributed by atoms with E-state index in [0.717, 1.165) is 37.6 Å². The number of hydrogen-bond donors (Lipinski definition) is 2. The largest absolute Gasteiger partial charge is 0.494 e. The molecule has 0 saturated carbocycles. The molecule has 0 aliphatic carbocycles. The van der Waals surface area contributed by atoms with Gasteiger partial charge in [0.25, 0.3) is 0 Å². The smallest absolute Gasteiger partial charge is 0.354 e. The van der Waals surface area contributed by atoms with E-state index in [-0.39, 0.29) is 11.5 Å². The van der Waals surface area contributed by atoms with Gasteiger partial charge in [0.2, 0.25) is 5.91 Å². The number of nitrogens with one attached hydrogen (secondary N) is 2. The number of allylic oxidation sites excluding steroid dienone is 3. The Morgan fingerprint density at radius 1 is 1.14 bits per heavy atom. The Morgan fingerprint density at radius 3 is 2.19 bits per heavy atom. The molecule has 1 saturated heterocycles. The summed E-state index contributed by atoms with van der Waals surface area (Å²) < 4.78 is 42.5. The Morgan fingerprint density at radius 2 is 1.73 bits per heavy atom. The monoisotopic (exact) mass is 523 g/mol. The third-order valence-electron chi connectivity index (χ3n) is 6.03. The summed E-state index contributed by atoms with van der Waals surface area (Å²) in [5.74, 6) is 2.06. The number of rotatable bonds is 11. The van der Waals surface area contributed by atoms with Crippen LogP contribution in [0.3, 0.4) is 0 Å². The maximum atomic E-state index is 12.5. The Hall–Kier alpha value is -2.58. The van der Waals surface area contributed by atoms with Gasteiger partial charge in [0.1, 0.15) is 5.76 Å². The average molecular weight is 524 g/mol. The summed E-state index contributed by atoms with van der Waals surface area (Å²) in [5.41, 5.74) is 3.59. The van der Waals surface area contributed by atoms with Crippen LogP contribution in [0.4, 0.5) is 13.3 Å². The highest BCUT2D eigenvalue weighted by Gasteiger charge is 2.32. The van der Waals surface area contributed by atoms with Crippen LogP contribution in [0.25, 0.3) is 0 Å². The van der Waals surface area contributed by atoms with E-state index in [1.807, 2.05) is 13.0 Å². The summed E-state index contributed by atoms with van der Waals surface area (Å²) in [5, 5.41) is 2.91. The van der Waals surface area contributed by atoms with E-state index in [4.69, 9.17) is 4.74 Å². The number of amides is 1. The third kappa shape index (κ3) is 11.6. The van der Waals surface area contributed by atoms with Crippen LogP contribution in [0, 0.1) is 18.8 Å². The summed E-state index contributed by atoms with van der Waals surface area (Å²) in [6, 6.07) is 2.15. The van der Waals surface area contributed by atoms with Gasteiger partial charge in [0.15, 0.2) is 0 Å². The first-order valence-corrected chi connectivity index (χ1v) is 12.8. The molecule has 0 aromatic heterocycles. The van der Waals surface area contributed by atoms with Gasteiger partial charge in [-0.1, -0.05) is 60.9 Å². The maximum Gasteiger partial charge on any atom is 0.354 e. The minimum absolute atomic E-state index is 0.0553. The lowest BCUT2D eigenvalue weighted by Gasteiger charge is -2.44. The molecule has 1 aromatic carbocycles. The maximum absolute atomic E-state index is 12.5. The van der Waals surface area contributed by atoms with Crippen molar-refractivity contribution in [2.24, 2.45) is 11.8 Å². The normalized spacial score (nSPS) is 15.6. The highest BCUT2D eigenvalue weighted by Crippen LogP contribution is 2.26. The van der Waals surface area contributed by atoms with Crippen molar-refractivity contribution in [1.29, 1.82) is 0 Å². The van der Waals surface area contributed by atoms with Crippen molar-refractivity contribution in [2.75, 3.05) is 26.2 Å². The van der Waals surface area contributed by atoms with Gasteiger partial charge < -0.3 is 10.1 Å². The molecule has 1 unspecified atom stereocenters. The predicted molar refractivity (Wildman–Crippen MR) is 145 cm³/mol. The van der Waals surface area contributed by atoms with Gasteiger partial charge in [-0.2, -0.15) is 8.78 Å². The lowest BCUT2D eigenvalue weighted by molar-refractivity contribution is -0.119. The number of likely N-dealkylation sites (tertiary alicyclic amines) is 1. The minimum atomic E-state index is -3.59. The van der Waals surface area contributed by atoms with E-state index >= 15 is 0 Å². The van der Waals surface area contributed by atoms with Gasteiger partial charge >= 0.3 is 6.05 Å². The fourth-order valence-corrected chi connectivity index (χ4v) is 3.74. The van der Waals surface area contributed by atoms with Crippen molar-refractivity contribution in [3.8, 4) is 0 Å². The standard InChI is InChI=1S/C21H36N2O2.C8H8F3N/c1-8-20(25-14-15(2)3)9-10-21(16(4)5)17(6)23-12-19(13-23)11-22-18(7)24;1-6-2-4-7(5-3-6)8(9,10)12-11/h8-10,15,17,19H,11-14H2,1-7H3,(H,22,24);2-5,12H,1H3/b10-9-,20-8-;. The molecule has 1 amide bonds. The molecular weight excluding hydrogens is 479 g/mol. The van der Waals surface area contributed by atoms with Crippen molar-refractivity contribution < 1.29 is 22.8 Å². The molecule has 1 aliphatic heterocycles. The molecule has 8 heteroatoms. The highest BCUT2D eigenvalue weighted by molar-refractivity contribution is 5.72. The fraction of sp³-hybridized carbons (Fsp3) is 0.552. The van der Waals surface area contributed by atoms with Crippen LogP contribution >= 0.6 is 0 Å². The number of ether oxygens (including phenoxy) is 1. The zero-order valence-electron chi connectivity index (χ0n) is 23.5. The molecule has 0 spiro atoms. The summed E-state index contributed by atoms with van der Waals surface area (Å²) >= 11 is 0. The topological polar surface area (TPSA) is 53.6 Å². The zero-order valence-corrected chi connectivity index (χ0v) is 23.5. The molecule has 1 aliphatic rings. The molecule has 1 aromatic rings. The van der Waals surface area contributed by atoms with Crippen LogP contribution in [0.5, 0.6) is 0 Å². The fourth-order valence-electron chi connectivity index (χ4n) is 3.74. The SMILES string of the molecule is C/C=C(/C=C\C(=C(C)C)C(C)N1CC(CNC(C)=O)C1)OCC(C)C.Cc1ccc(C(F)(F)NF)cc1. The number of benzene rings is 1. The molecule has 1 fully saturated rings. The van der Waals surface area contributed by atoms with Crippen LogP contribution in [0.1, 0.15) is 59.6 Å². The van der Waals surface area contributed by atoms with Gasteiger partial charge in [0.05, 0.1) is 6.61 Å². The second-order valence-electron chi connectivity index (χ2n) is 10.2. The van der Waals surface area contributed by atoms with Gasteiger partial charge in [0, 0.05) is 44.1 Å². The van der Waals surface area contributed by atoms with Gasteiger partial charge in [-0.3, -0.25) is 9.69 Å². The van der Waals surface area contributed by atoms with E-state index in [1.165, 1.54) is 35.4 Å². The lowest BCUT2D eigenvalue weighted by Crippen LogP contribution is -2.55. The van der Waals surface area contributed by atoms with Crippen LogP contribution in [0.15, 0.2) is 59.4 Å². The van der Waals surface area contributed by atoms with Gasteiger partial charge in [-0.05, 0) is 58.3 Å². The van der Waals surface area contributed by atoms with Crippen LogP contribution < -0.4 is 10.9 Å². The summed E-state index contributed by atoms with van der Waals surface area (Å²) in [4.78, 5) is 13.5. The summed E-state index contributed by atoms with van der Waals surface area (Å²) in [7, 11) is 0. The van der Waals surface area contributed by atoms with Gasteiger partial charge in [-0.25, -0.2) is 0 Å². The molecule has 1 atom stereocenters. The van der Waals surface area contributed by atoms with Crippen LogP contribution in [-0.4, -0.2) is 43.1 Å². The zero-order chi connectivity index (χ0) is 28.2. The first-order valence-electron chi connectivity index (χ1n) is 12.8. The van der Waals surface area contributed by atoms with Crippen molar-refractivity contribution in [3.63, 3.8) is 0 Å². The Kier molecular flexibility index (Phi) is 13.7.